The standard InChI is InChI=1S/3C6H6N2O2.Fe/c3*7-6(10)4-1-2-8-3-5(4)9;/h3*1-3,9H,(H2,7,10);/q;;;+3/p-3. The normalized spacial score (nSPS) is 8.90. The molecule has 1 radical (unpaired) electrons. The second kappa shape index (κ2) is 13.1. The minimum absolute atomic E-state index is 0. The first-order valence-electron chi connectivity index (χ1n) is 7.87. The van der Waals surface area contributed by atoms with Crippen LogP contribution in [0, 0.1) is 0 Å². The molecule has 0 saturated heterocycles. The summed E-state index contributed by atoms with van der Waals surface area (Å²) in [5.41, 5.74) is 14.5. The van der Waals surface area contributed by atoms with E-state index in [-0.39, 0.29) is 33.8 Å². The van der Waals surface area contributed by atoms with Crippen molar-refractivity contribution >= 4 is 17.7 Å². The van der Waals surface area contributed by atoms with Crippen LogP contribution in [0.3, 0.4) is 0 Å². The van der Waals surface area contributed by atoms with Crippen LogP contribution in [0.5, 0.6) is 17.2 Å². The zero-order valence-electron chi connectivity index (χ0n) is 15.6. The molecule has 12 nitrogen and oxygen atoms in total. The van der Waals surface area contributed by atoms with Gasteiger partial charge in [0, 0.05) is 53.9 Å². The third kappa shape index (κ3) is 8.77. The van der Waals surface area contributed by atoms with Crippen LogP contribution >= 0.6 is 0 Å². The summed E-state index contributed by atoms with van der Waals surface area (Å²) in [6.45, 7) is 0. The van der Waals surface area contributed by atoms with Crippen molar-refractivity contribution in [2.75, 3.05) is 0 Å². The van der Waals surface area contributed by atoms with Crippen molar-refractivity contribution in [3.63, 3.8) is 0 Å². The average Bonchev–Trinajstić information content (AvgIpc) is 2.69. The Kier molecular flexibility index (Phi) is 11.3. The molecule has 3 aromatic rings. The molecule has 3 aromatic heterocycles. The Bertz CT molecular complexity index is 917. The molecule has 13 heteroatoms. The Morgan fingerprint density at radius 1 is 0.581 bits per heavy atom. The number of nitrogens with zero attached hydrogens (tertiary/aromatic N) is 3. The number of nitrogens with two attached hydrogens (primary N) is 3. The molecule has 0 unspecified atom stereocenters. The summed E-state index contributed by atoms with van der Waals surface area (Å²) in [5.74, 6) is -3.45. The van der Waals surface area contributed by atoms with Crippen LogP contribution in [0.15, 0.2) is 55.4 Å². The molecule has 3 amide bonds. The molecule has 0 aliphatic carbocycles. The predicted molar refractivity (Wildman–Crippen MR) is 96.6 cm³/mol. The van der Waals surface area contributed by atoms with Crippen LogP contribution in [-0.2, 0) is 17.1 Å². The zero-order chi connectivity index (χ0) is 22.7. The van der Waals surface area contributed by atoms with Crippen LogP contribution in [-0.4, -0.2) is 32.7 Å². The van der Waals surface area contributed by atoms with Crippen molar-refractivity contribution < 1.29 is 46.8 Å². The summed E-state index contributed by atoms with van der Waals surface area (Å²) in [6.07, 6.45) is 7.21. The number of pyridine rings is 3. The summed E-state index contributed by atoms with van der Waals surface area (Å²) in [4.78, 5) is 41.8. The third-order valence-electron chi connectivity index (χ3n) is 3.15. The van der Waals surface area contributed by atoms with Crippen molar-refractivity contribution in [3.05, 3.63) is 72.1 Å². The minimum Gasteiger partial charge on any atom is -0.871 e. The summed E-state index contributed by atoms with van der Waals surface area (Å²) in [6, 6.07) is 3.89. The van der Waals surface area contributed by atoms with Crippen LogP contribution in [0.1, 0.15) is 31.1 Å². The van der Waals surface area contributed by atoms with Crippen molar-refractivity contribution in [2.45, 2.75) is 0 Å². The molecule has 0 spiro atoms. The first-order chi connectivity index (χ1) is 14.1. The fourth-order valence-electron chi connectivity index (χ4n) is 1.75. The second-order valence-corrected chi connectivity index (χ2v) is 5.21. The fraction of sp³-hybridized carbons (Fsp3) is 0. The fourth-order valence-corrected chi connectivity index (χ4v) is 1.75. The zero-order valence-corrected chi connectivity index (χ0v) is 16.7. The van der Waals surface area contributed by atoms with E-state index in [4.69, 9.17) is 17.2 Å². The monoisotopic (exact) mass is 467 g/mol. The second-order valence-electron chi connectivity index (χ2n) is 5.21. The Balaban J connectivity index is 0.000000429. The number of carbonyl (C=O) groups is 3. The van der Waals surface area contributed by atoms with Gasteiger partial charge in [0.1, 0.15) is 0 Å². The van der Waals surface area contributed by atoms with E-state index in [1.54, 1.807) is 0 Å². The minimum atomic E-state index is -0.715. The number of hydrogen-bond donors (Lipinski definition) is 3. The van der Waals surface area contributed by atoms with Gasteiger partial charge in [0.2, 0.25) is 17.7 Å². The Morgan fingerprint density at radius 2 is 0.806 bits per heavy atom. The Hall–Kier alpha value is -4.22. The summed E-state index contributed by atoms with van der Waals surface area (Å²) in [5, 5.41) is 32.1. The number of primary amides is 3. The molecule has 0 atom stereocenters. The molecule has 0 fully saturated rings. The summed E-state index contributed by atoms with van der Waals surface area (Å²) in [7, 11) is 0. The van der Waals surface area contributed by atoms with Gasteiger partial charge < -0.3 is 32.5 Å². The summed E-state index contributed by atoms with van der Waals surface area (Å²) >= 11 is 0. The maximum absolute atomic E-state index is 10.7. The summed E-state index contributed by atoms with van der Waals surface area (Å²) < 4.78 is 0. The quantitative estimate of drug-likeness (QED) is 0.352. The van der Waals surface area contributed by atoms with E-state index in [0.717, 1.165) is 18.6 Å². The smallest absolute Gasteiger partial charge is 0.871 e. The van der Waals surface area contributed by atoms with Crippen molar-refractivity contribution in [2.24, 2.45) is 17.2 Å². The van der Waals surface area contributed by atoms with E-state index in [1.165, 1.54) is 36.8 Å². The number of amides is 3. The van der Waals surface area contributed by atoms with Gasteiger partial charge in [-0.15, -0.1) is 0 Å². The van der Waals surface area contributed by atoms with E-state index in [0.29, 0.717) is 0 Å². The number of carbonyl (C=O) groups excluding carboxylic acids is 3. The van der Waals surface area contributed by atoms with Crippen LogP contribution in [0.25, 0.3) is 0 Å². The van der Waals surface area contributed by atoms with E-state index in [9.17, 15) is 29.7 Å². The molecule has 0 saturated carbocycles. The van der Waals surface area contributed by atoms with Gasteiger partial charge in [-0.25, -0.2) is 0 Å². The molecule has 6 N–H and O–H groups in total. The molecule has 0 bridgehead atoms. The average molecular weight is 467 g/mol. The molecule has 0 aliphatic heterocycles. The van der Waals surface area contributed by atoms with Gasteiger partial charge in [0.05, 0.1) is 0 Å². The van der Waals surface area contributed by atoms with E-state index in [2.05, 4.69) is 15.0 Å². The van der Waals surface area contributed by atoms with Gasteiger partial charge in [-0.05, 0) is 18.2 Å². The van der Waals surface area contributed by atoms with E-state index >= 15 is 0 Å². The van der Waals surface area contributed by atoms with Gasteiger partial charge in [0.15, 0.2) is 0 Å². The van der Waals surface area contributed by atoms with Gasteiger partial charge in [0.25, 0.3) is 0 Å². The number of aromatic nitrogens is 3. The van der Waals surface area contributed by atoms with E-state index in [1.807, 2.05) is 0 Å². The van der Waals surface area contributed by atoms with Crippen molar-refractivity contribution in [1.29, 1.82) is 0 Å². The first kappa shape index (κ1) is 26.8. The van der Waals surface area contributed by atoms with Crippen molar-refractivity contribution in [3.8, 4) is 17.2 Å². The topological polar surface area (TPSA) is 237 Å². The van der Waals surface area contributed by atoms with Gasteiger partial charge in [-0.2, -0.15) is 0 Å². The maximum atomic E-state index is 10.7. The predicted octanol–water partition coefficient (Wildman–Crippen LogP) is -2.24. The van der Waals surface area contributed by atoms with Crippen LogP contribution in [0.4, 0.5) is 0 Å². The van der Waals surface area contributed by atoms with E-state index < -0.39 is 35.0 Å². The van der Waals surface area contributed by atoms with Gasteiger partial charge in [-0.1, -0.05) is 17.2 Å². The molecule has 0 aromatic carbocycles. The molecule has 3 heterocycles. The number of rotatable bonds is 3. The van der Waals surface area contributed by atoms with Crippen molar-refractivity contribution in [1.82, 2.24) is 15.0 Å². The Labute approximate surface area is 186 Å². The Morgan fingerprint density at radius 3 is 0.935 bits per heavy atom. The first-order valence-corrected chi connectivity index (χ1v) is 7.87. The maximum Gasteiger partial charge on any atom is 3.00 e. The molecule has 161 valence electrons. The molecule has 31 heavy (non-hydrogen) atoms. The largest absolute Gasteiger partial charge is 3.00 e. The van der Waals surface area contributed by atoms with Gasteiger partial charge >= 0.3 is 17.1 Å². The van der Waals surface area contributed by atoms with Gasteiger partial charge in [-0.3, -0.25) is 29.3 Å². The van der Waals surface area contributed by atoms with Crippen LogP contribution in [0.2, 0.25) is 0 Å². The van der Waals surface area contributed by atoms with Crippen LogP contribution < -0.4 is 32.5 Å². The molecular weight excluding hydrogens is 452 g/mol. The molecule has 3 rings (SSSR count). The third-order valence-corrected chi connectivity index (χ3v) is 3.15. The molecular formula is C18H15FeN6O6. The number of hydrogen-bond acceptors (Lipinski definition) is 9. The SMILES string of the molecule is NC(=O)c1ccncc1[O-].NC(=O)c1ccncc1[O-].NC(=O)c1ccncc1[O-].[Fe+3]. The molecule has 0 aliphatic rings.